The van der Waals surface area contributed by atoms with Crippen molar-refractivity contribution in [3.05, 3.63) is 12.1 Å². The molecule has 1 aromatic rings. The third-order valence-electron chi connectivity index (χ3n) is 3.61. The number of ether oxygens (including phenoxy) is 2. The van der Waals surface area contributed by atoms with E-state index in [4.69, 9.17) is 9.47 Å². The maximum atomic E-state index is 5.51. The first-order valence-electron chi connectivity index (χ1n) is 5.87. The van der Waals surface area contributed by atoms with E-state index < -0.39 is 0 Å². The number of rotatable bonds is 1. The van der Waals surface area contributed by atoms with Crippen LogP contribution >= 0.6 is 0 Å². The number of benzene rings is 1. The molecule has 0 amide bonds. The monoisotopic (exact) mass is 218 g/mol. The summed E-state index contributed by atoms with van der Waals surface area (Å²) in [4.78, 5) is 2.39. The summed E-state index contributed by atoms with van der Waals surface area (Å²) >= 11 is 0. The second kappa shape index (κ2) is 3.04. The number of nitrogens with one attached hydrogen (secondary N) is 1. The highest BCUT2D eigenvalue weighted by atomic mass is 16.7. The van der Waals surface area contributed by atoms with Crippen molar-refractivity contribution in [3.8, 4) is 11.5 Å². The first-order valence-corrected chi connectivity index (χ1v) is 5.87. The summed E-state index contributed by atoms with van der Waals surface area (Å²) < 4.78 is 10.9. The fraction of sp³-hybridized carbons (Fsp3) is 0.500. The normalized spacial score (nSPS) is 25.5. The van der Waals surface area contributed by atoms with Crippen molar-refractivity contribution < 1.29 is 9.47 Å². The molecule has 4 heteroatoms. The van der Waals surface area contributed by atoms with Crippen molar-refractivity contribution in [2.75, 3.05) is 24.8 Å². The molecule has 0 radical (unpaired) electrons. The topological polar surface area (TPSA) is 33.7 Å². The minimum Gasteiger partial charge on any atom is -0.453 e. The smallest absolute Gasteiger partial charge is 0.231 e. The number of piperidine rings is 1. The highest BCUT2D eigenvalue weighted by Gasteiger charge is 2.36. The maximum Gasteiger partial charge on any atom is 0.231 e. The van der Waals surface area contributed by atoms with Gasteiger partial charge >= 0.3 is 0 Å². The average Bonchev–Trinajstić information content (AvgIpc) is 2.77. The van der Waals surface area contributed by atoms with Gasteiger partial charge in [-0.25, -0.2) is 0 Å². The Morgan fingerprint density at radius 3 is 3.19 bits per heavy atom. The van der Waals surface area contributed by atoms with Crippen LogP contribution in [0, 0.1) is 0 Å². The highest BCUT2D eigenvalue weighted by molar-refractivity contribution is 5.87. The SMILES string of the molecule is c1c2cc(c3c1OCO3)N2C1CCCNC1. The molecule has 4 rings (SSSR count). The van der Waals surface area contributed by atoms with Crippen molar-refractivity contribution in [2.24, 2.45) is 0 Å². The molecule has 0 aromatic heterocycles. The molecule has 84 valence electrons. The molecule has 2 bridgehead atoms. The van der Waals surface area contributed by atoms with Crippen molar-refractivity contribution in [2.45, 2.75) is 18.9 Å². The van der Waals surface area contributed by atoms with Crippen molar-refractivity contribution in [3.63, 3.8) is 0 Å². The fourth-order valence-electron chi connectivity index (χ4n) is 2.83. The van der Waals surface area contributed by atoms with Gasteiger partial charge in [0.1, 0.15) is 0 Å². The van der Waals surface area contributed by atoms with Gasteiger partial charge in [-0.1, -0.05) is 0 Å². The van der Waals surface area contributed by atoms with E-state index in [2.05, 4.69) is 22.3 Å². The van der Waals surface area contributed by atoms with Gasteiger partial charge in [-0.2, -0.15) is 0 Å². The Hall–Kier alpha value is -1.42. The lowest BCUT2D eigenvalue weighted by atomic mass is 9.98. The summed E-state index contributed by atoms with van der Waals surface area (Å²) in [6.45, 7) is 2.58. The number of anilines is 2. The fourth-order valence-corrected chi connectivity index (χ4v) is 2.83. The van der Waals surface area contributed by atoms with Gasteiger partial charge in [0, 0.05) is 24.3 Å². The zero-order valence-electron chi connectivity index (χ0n) is 9.03. The Labute approximate surface area is 94.1 Å². The van der Waals surface area contributed by atoms with Crippen molar-refractivity contribution in [1.29, 1.82) is 0 Å². The van der Waals surface area contributed by atoms with Gasteiger partial charge in [0.05, 0.1) is 5.69 Å². The van der Waals surface area contributed by atoms with Gasteiger partial charge < -0.3 is 19.7 Å². The molecule has 3 aliphatic rings. The molecule has 0 saturated carbocycles. The summed E-state index contributed by atoms with van der Waals surface area (Å²) in [5.41, 5.74) is 2.48. The molecule has 3 aliphatic heterocycles. The second-order valence-electron chi connectivity index (χ2n) is 4.57. The third kappa shape index (κ3) is 1.02. The van der Waals surface area contributed by atoms with E-state index in [9.17, 15) is 0 Å². The van der Waals surface area contributed by atoms with Crippen LogP contribution in [-0.4, -0.2) is 25.9 Å². The molecule has 4 nitrogen and oxygen atoms in total. The van der Waals surface area contributed by atoms with Gasteiger partial charge in [-0.05, 0) is 25.5 Å². The zero-order chi connectivity index (χ0) is 10.5. The summed E-state index contributed by atoms with van der Waals surface area (Å²) in [7, 11) is 0. The zero-order valence-corrected chi connectivity index (χ0v) is 9.03. The Morgan fingerprint density at radius 2 is 2.31 bits per heavy atom. The lowest BCUT2D eigenvalue weighted by Gasteiger charge is -2.42. The van der Waals surface area contributed by atoms with E-state index in [0.29, 0.717) is 12.8 Å². The Kier molecular flexibility index (Phi) is 1.65. The van der Waals surface area contributed by atoms with Crippen LogP contribution < -0.4 is 19.7 Å². The molecule has 1 N–H and O–H groups in total. The minimum atomic E-state index is 0.364. The predicted octanol–water partition coefficient (Wildman–Crippen LogP) is 1.62. The van der Waals surface area contributed by atoms with Crippen LogP contribution in [0.3, 0.4) is 0 Å². The summed E-state index contributed by atoms with van der Waals surface area (Å²) in [5.74, 6) is 1.84. The van der Waals surface area contributed by atoms with Crippen LogP contribution in [0.25, 0.3) is 0 Å². The predicted molar refractivity (Wildman–Crippen MR) is 60.6 cm³/mol. The molecular weight excluding hydrogens is 204 g/mol. The van der Waals surface area contributed by atoms with Crippen molar-refractivity contribution in [1.82, 2.24) is 5.32 Å². The maximum absolute atomic E-state index is 5.51. The van der Waals surface area contributed by atoms with Gasteiger partial charge in [0.15, 0.2) is 11.5 Å². The largest absolute Gasteiger partial charge is 0.453 e. The average molecular weight is 218 g/mol. The standard InChI is InChI=1S/C12H14N2O2/c1-2-8(6-13-3-1)14-9-4-10(14)12-11(5-9)15-7-16-12/h4-5,8,13H,1-3,6-7H2. The van der Waals surface area contributed by atoms with Crippen LogP contribution in [0.4, 0.5) is 11.4 Å². The second-order valence-corrected chi connectivity index (χ2v) is 4.57. The quantitative estimate of drug-likeness (QED) is 0.776. The number of hydrogen-bond donors (Lipinski definition) is 1. The first-order chi connectivity index (χ1) is 7.93. The lowest BCUT2D eigenvalue weighted by Crippen LogP contribution is -2.46. The molecule has 16 heavy (non-hydrogen) atoms. The Balaban J connectivity index is 1.67. The van der Waals surface area contributed by atoms with E-state index in [1.165, 1.54) is 24.2 Å². The van der Waals surface area contributed by atoms with Crippen LogP contribution in [0.5, 0.6) is 11.5 Å². The van der Waals surface area contributed by atoms with Crippen molar-refractivity contribution >= 4 is 11.4 Å². The highest BCUT2D eigenvalue weighted by Crippen LogP contribution is 2.54. The Bertz CT molecular complexity index is 441. The van der Waals surface area contributed by atoms with Gasteiger partial charge in [0.25, 0.3) is 0 Å². The van der Waals surface area contributed by atoms with Crippen LogP contribution in [0.1, 0.15) is 12.8 Å². The van der Waals surface area contributed by atoms with E-state index >= 15 is 0 Å². The van der Waals surface area contributed by atoms with E-state index in [0.717, 1.165) is 24.6 Å². The first kappa shape index (κ1) is 8.70. The van der Waals surface area contributed by atoms with Crippen LogP contribution in [0.2, 0.25) is 0 Å². The molecule has 1 saturated heterocycles. The van der Waals surface area contributed by atoms with Gasteiger partial charge in [0.2, 0.25) is 6.79 Å². The van der Waals surface area contributed by atoms with Crippen LogP contribution in [-0.2, 0) is 0 Å². The minimum absolute atomic E-state index is 0.364. The molecule has 1 unspecified atom stereocenters. The molecule has 0 aliphatic carbocycles. The summed E-state index contributed by atoms with van der Waals surface area (Å²) in [6.07, 6.45) is 2.51. The number of hydrogen-bond acceptors (Lipinski definition) is 4. The van der Waals surface area contributed by atoms with Gasteiger partial charge in [-0.3, -0.25) is 0 Å². The van der Waals surface area contributed by atoms with E-state index in [-0.39, 0.29) is 0 Å². The Morgan fingerprint density at radius 1 is 1.31 bits per heavy atom. The molecule has 1 fully saturated rings. The molecular formula is C12H14N2O2. The molecule has 0 spiro atoms. The van der Waals surface area contributed by atoms with E-state index in [1.807, 2.05) is 0 Å². The molecule has 3 heterocycles. The molecule has 1 atom stereocenters. The third-order valence-corrected chi connectivity index (χ3v) is 3.61. The molecule has 1 aromatic carbocycles. The van der Waals surface area contributed by atoms with Crippen LogP contribution in [0.15, 0.2) is 12.1 Å². The van der Waals surface area contributed by atoms with Gasteiger partial charge in [-0.15, -0.1) is 0 Å². The lowest BCUT2D eigenvalue weighted by molar-refractivity contribution is 0.174. The summed E-state index contributed by atoms with van der Waals surface area (Å²) in [5, 5.41) is 3.45. The number of fused-ring (bicyclic) bond motifs is 4. The number of nitrogens with zero attached hydrogens (tertiary/aromatic N) is 1. The van der Waals surface area contributed by atoms with E-state index in [1.54, 1.807) is 0 Å². The summed E-state index contributed by atoms with van der Waals surface area (Å²) in [6, 6.07) is 4.85.